The van der Waals surface area contributed by atoms with Gasteiger partial charge in [0.15, 0.2) is 0 Å². The van der Waals surface area contributed by atoms with Crippen molar-refractivity contribution in [3.63, 3.8) is 0 Å². The van der Waals surface area contributed by atoms with Gasteiger partial charge in [-0.25, -0.2) is 0 Å². The summed E-state index contributed by atoms with van der Waals surface area (Å²) in [6.45, 7) is 8.81. The lowest BCUT2D eigenvalue weighted by atomic mass is 9.93. The van der Waals surface area contributed by atoms with Gasteiger partial charge in [0.1, 0.15) is 0 Å². The lowest BCUT2D eigenvalue weighted by Crippen LogP contribution is -2.00. The fraction of sp³-hybridized carbons (Fsp3) is 0.400. The molecule has 0 aliphatic carbocycles. The molecule has 2 aromatic rings. The molecule has 1 unspecified atom stereocenters. The molecular weight excluding hydrogens is 276 g/mol. The predicted molar refractivity (Wildman–Crippen MR) is 93.4 cm³/mol. The molecule has 0 aliphatic heterocycles. The fourth-order valence-electron chi connectivity index (χ4n) is 2.65. The summed E-state index contributed by atoms with van der Waals surface area (Å²) >= 11 is 6.78. The molecule has 0 amide bonds. The molecule has 1 atom stereocenters. The van der Waals surface area contributed by atoms with E-state index in [1.54, 1.807) is 0 Å². The van der Waals surface area contributed by atoms with Gasteiger partial charge in [-0.3, -0.25) is 0 Å². The maximum absolute atomic E-state index is 6.78. The van der Waals surface area contributed by atoms with Crippen LogP contribution in [0.15, 0.2) is 42.5 Å². The highest BCUT2D eigenvalue weighted by Crippen LogP contribution is 2.33. The van der Waals surface area contributed by atoms with E-state index in [-0.39, 0.29) is 5.38 Å². The van der Waals surface area contributed by atoms with Crippen LogP contribution in [0.4, 0.5) is 0 Å². The molecule has 1 heteroatoms. The van der Waals surface area contributed by atoms with Crippen LogP contribution in [0.1, 0.15) is 66.8 Å². The molecule has 112 valence electrons. The average molecular weight is 301 g/mol. The van der Waals surface area contributed by atoms with Crippen LogP contribution in [-0.4, -0.2) is 0 Å². The van der Waals surface area contributed by atoms with E-state index in [4.69, 9.17) is 11.6 Å². The van der Waals surface area contributed by atoms with Gasteiger partial charge in [-0.2, -0.15) is 0 Å². The molecule has 0 N–H and O–H groups in total. The largest absolute Gasteiger partial charge is 0.113 e. The first-order valence-electron chi connectivity index (χ1n) is 7.92. The second-order valence-electron chi connectivity index (χ2n) is 5.92. The van der Waals surface area contributed by atoms with Crippen LogP contribution in [0.3, 0.4) is 0 Å². The van der Waals surface area contributed by atoms with E-state index in [1.165, 1.54) is 27.8 Å². The van der Waals surface area contributed by atoms with Crippen LogP contribution < -0.4 is 0 Å². The zero-order chi connectivity index (χ0) is 15.4. The van der Waals surface area contributed by atoms with Crippen LogP contribution in [-0.2, 0) is 12.8 Å². The highest BCUT2D eigenvalue weighted by Gasteiger charge is 2.15. The number of benzene rings is 2. The van der Waals surface area contributed by atoms with Crippen molar-refractivity contribution in [1.29, 1.82) is 0 Å². The number of alkyl halides is 1. The normalized spacial score (nSPS) is 12.7. The number of halogens is 1. The fourth-order valence-corrected chi connectivity index (χ4v) is 3.00. The Morgan fingerprint density at radius 2 is 1.48 bits per heavy atom. The first kappa shape index (κ1) is 16.1. The molecule has 0 aromatic heterocycles. The average Bonchev–Trinajstić information content (AvgIpc) is 2.53. The number of aryl methyl sites for hydroxylation is 2. The monoisotopic (exact) mass is 300 g/mol. The third-order valence-electron chi connectivity index (χ3n) is 4.17. The Labute approximate surface area is 134 Å². The Morgan fingerprint density at radius 1 is 0.857 bits per heavy atom. The van der Waals surface area contributed by atoms with E-state index >= 15 is 0 Å². The van der Waals surface area contributed by atoms with Gasteiger partial charge in [0.2, 0.25) is 0 Å². The Hall–Kier alpha value is -1.27. The molecule has 0 fully saturated rings. The summed E-state index contributed by atoms with van der Waals surface area (Å²) in [5.74, 6) is 0.558. The van der Waals surface area contributed by atoms with Crippen molar-refractivity contribution >= 4 is 11.6 Å². The van der Waals surface area contributed by atoms with Crippen LogP contribution >= 0.6 is 11.6 Å². The second-order valence-corrected chi connectivity index (χ2v) is 6.36. The summed E-state index contributed by atoms with van der Waals surface area (Å²) in [6.07, 6.45) is 2.07. The van der Waals surface area contributed by atoms with Gasteiger partial charge in [0, 0.05) is 0 Å². The highest BCUT2D eigenvalue weighted by atomic mass is 35.5. The maximum atomic E-state index is 6.78. The summed E-state index contributed by atoms with van der Waals surface area (Å²) in [6, 6.07) is 15.5. The topological polar surface area (TPSA) is 0 Å². The van der Waals surface area contributed by atoms with Gasteiger partial charge in [-0.05, 0) is 46.6 Å². The minimum Gasteiger partial charge on any atom is -0.113 e. The molecule has 2 aromatic carbocycles. The Bertz CT molecular complexity index is 581. The maximum Gasteiger partial charge on any atom is 0.0838 e. The van der Waals surface area contributed by atoms with Crippen LogP contribution in [0.25, 0.3) is 0 Å². The minimum atomic E-state index is -0.0623. The van der Waals surface area contributed by atoms with Crippen LogP contribution in [0, 0.1) is 0 Å². The third kappa shape index (κ3) is 3.68. The van der Waals surface area contributed by atoms with Gasteiger partial charge in [0.25, 0.3) is 0 Å². The summed E-state index contributed by atoms with van der Waals surface area (Å²) < 4.78 is 0. The second kappa shape index (κ2) is 7.13. The molecule has 0 heterocycles. The lowest BCUT2D eigenvalue weighted by Gasteiger charge is -2.17. The number of hydrogen-bond acceptors (Lipinski definition) is 0. The van der Waals surface area contributed by atoms with E-state index in [1.807, 2.05) is 0 Å². The van der Waals surface area contributed by atoms with E-state index in [0.717, 1.165) is 12.8 Å². The van der Waals surface area contributed by atoms with Crippen molar-refractivity contribution in [1.82, 2.24) is 0 Å². The third-order valence-corrected chi connectivity index (χ3v) is 4.66. The molecule has 2 rings (SSSR count). The van der Waals surface area contributed by atoms with E-state index < -0.39 is 0 Å². The van der Waals surface area contributed by atoms with Crippen molar-refractivity contribution in [2.75, 3.05) is 0 Å². The number of rotatable bonds is 5. The van der Waals surface area contributed by atoms with Crippen molar-refractivity contribution in [3.05, 3.63) is 70.3 Å². The molecule has 0 radical (unpaired) electrons. The standard InChI is InChI=1S/C20H25Cl/c1-5-15-7-8-16(6-2)19(13-15)20(21)18-11-9-17(10-12-18)14(3)4/h7-14,20H,5-6H2,1-4H3. The summed E-state index contributed by atoms with van der Waals surface area (Å²) in [5, 5.41) is -0.0623. The molecule has 0 saturated carbocycles. The molecular formula is C20H25Cl. The zero-order valence-corrected chi connectivity index (χ0v) is 14.2. The van der Waals surface area contributed by atoms with Gasteiger partial charge in [0.05, 0.1) is 5.38 Å². The zero-order valence-electron chi connectivity index (χ0n) is 13.5. The molecule has 0 nitrogen and oxygen atoms in total. The van der Waals surface area contributed by atoms with Crippen molar-refractivity contribution in [2.45, 2.75) is 51.8 Å². The van der Waals surface area contributed by atoms with Gasteiger partial charge in [-0.1, -0.05) is 70.2 Å². The van der Waals surface area contributed by atoms with Crippen LogP contribution in [0.5, 0.6) is 0 Å². The smallest absolute Gasteiger partial charge is 0.0838 e. The number of hydrogen-bond donors (Lipinski definition) is 0. The van der Waals surface area contributed by atoms with Crippen molar-refractivity contribution < 1.29 is 0 Å². The van der Waals surface area contributed by atoms with E-state index in [9.17, 15) is 0 Å². The van der Waals surface area contributed by atoms with E-state index in [0.29, 0.717) is 5.92 Å². The quantitative estimate of drug-likeness (QED) is 0.571. The molecule has 0 bridgehead atoms. The summed E-state index contributed by atoms with van der Waals surface area (Å²) in [7, 11) is 0. The lowest BCUT2D eigenvalue weighted by molar-refractivity contribution is 0.864. The Kier molecular flexibility index (Phi) is 5.47. The Morgan fingerprint density at radius 3 is 2.00 bits per heavy atom. The minimum absolute atomic E-state index is 0.0623. The first-order chi connectivity index (χ1) is 10.1. The van der Waals surface area contributed by atoms with Gasteiger partial charge < -0.3 is 0 Å². The molecule has 21 heavy (non-hydrogen) atoms. The van der Waals surface area contributed by atoms with Gasteiger partial charge in [-0.15, -0.1) is 11.6 Å². The predicted octanol–water partition coefficient (Wildman–Crippen LogP) is 6.26. The molecule has 0 saturated heterocycles. The summed E-state index contributed by atoms with van der Waals surface area (Å²) in [4.78, 5) is 0. The van der Waals surface area contributed by atoms with Crippen molar-refractivity contribution in [2.24, 2.45) is 0 Å². The van der Waals surface area contributed by atoms with E-state index in [2.05, 4.69) is 70.2 Å². The van der Waals surface area contributed by atoms with Crippen molar-refractivity contribution in [3.8, 4) is 0 Å². The SMILES string of the molecule is CCc1ccc(CC)c(C(Cl)c2ccc(C(C)C)cc2)c1. The molecule has 0 spiro atoms. The highest BCUT2D eigenvalue weighted by molar-refractivity contribution is 6.22. The van der Waals surface area contributed by atoms with Gasteiger partial charge >= 0.3 is 0 Å². The molecule has 0 aliphatic rings. The Balaban J connectivity index is 2.36. The summed E-state index contributed by atoms with van der Waals surface area (Å²) in [5.41, 5.74) is 6.51. The first-order valence-corrected chi connectivity index (χ1v) is 8.36. The van der Waals surface area contributed by atoms with Crippen LogP contribution in [0.2, 0.25) is 0 Å².